The van der Waals surface area contributed by atoms with E-state index >= 15 is 0 Å². The van der Waals surface area contributed by atoms with Gasteiger partial charge in [-0.1, -0.05) is 0 Å². The number of aromatic nitrogens is 3. The Bertz CT molecular complexity index is 1310. The van der Waals surface area contributed by atoms with E-state index in [2.05, 4.69) is 46.2 Å². The van der Waals surface area contributed by atoms with Gasteiger partial charge in [0.05, 0.1) is 11.7 Å². The molecule has 194 valence electrons. The molecule has 0 spiro atoms. The summed E-state index contributed by atoms with van der Waals surface area (Å²) in [5, 5.41) is 8.63. The fraction of sp³-hybridized carbons (Fsp3) is 0.536. The van der Waals surface area contributed by atoms with E-state index in [-0.39, 0.29) is 18.0 Å². The van der Waals surface area contributed by atoms with Crippen molar-refractivity contribution in [3.63, 3.8) is 0 Å². The van der Waals surface area contributed by atoms with Gasteiger partial charge < -0.3 is 20.1 Å². The molecule has 2 aromatic heterocycles. The number of benzene rings is 1. The van der Waals surface area contributed by atoms with Gasteiger partial charge >= 0.3 is 0 Å². The molecule has 1 aliphatic carbocycles. The number of hydrogen-bond acceptors (Lipinski definition) is 5. The van der Waals surface area contributed by atoms with E-state index in [1.54, 1.807) is 0 Å². The van der Waals surface area contributed by atoms with Crippen LogP contribution in [0.25, 0.3) is 10.9 Å². The van der Waals surface area contributed by atoms with Crippen LogP contribution >= 0.6 is 0 Å². The predicted octanol–water partition coefficient (Wildman–Crippen LogP) is 3.82. The lowest BCUT2D eigenvalue weighted by atomic mass is 9.89. The number of nitrogens with one attached hydrogen (secondary N) is 2. The van der Waals surface area contributed by atoms with E-state index in [0.717, 1.165) is 52.8 Å². The van der Waals surface area contributed by atoms with Crippen LogP contribution in [-0.4, -0.2) is 58.3 Å². The second kappa shape index (κ2) is 10.5. The molecule has 4 rings (SSSR count). The number of rotatable bonds is 7. The average molecular weight is 493 g/mol. The number of hydrogen-bond donors (Lipinski definition) is 2. The zero-order chi connectivity index (χ0) is 26.1. The first-order valence-corrected chi connectivity index (χ1v) is 13.0. The summed E-state index contributed by atoms with van der Waals surface area (Å²) in [6.45, 7) is 8.97. The second-order valence-corrected chi connectivity index (χ2v) is 10.4. The lowest BCUT2D eigenvalue weighted by Gasteiger charge is -2.40. The van der Waals surface area contributed by atoms with Gasteiger partial charge in [-0.2, -0.15) is 5.10 Å². The van der Waals surface area contributed by atoms with Gasteiger partial charge in [0.15, 0.2) is 0 Å². The van der Waals surface area contributed by atoms with Crippen molar-refractivity contribution in [1.29, 1.82) is 0 Å². The van der Waals surface area contributed by atoms with Crippen LogP contribution in [0.4, 0.5) is 5.69 Å². The molecule has 36 heavy (non-hydrogen) atoms. The van der Waals surface area contributed by atoms with Crippen LogP contribution < -0.4 is 15.8 Å². The summed E-state index contributed by atoms with van der Waals surface area (Å²) in [7, 11) is 6.26. The molecule has 1 saturated carbocycles. The Morgan fingerprint density at radius 2 is 1.81 bits per heavy atom. The SMILES string of the molecule is CCN(c1cc(C(=O)NCc2c(C)cc(C)[nH]c2=O)c(C)c2c1cnn2C)C1CCC(N(C)C)CC1. The monoisotopic (exact) mass is 492 g/mol. The number of fused-ring (bicyclic) bond motifs is 1. The first kappa shape index (κ1) is 25.9. The number of nitrogens with zero attached hydrogens (tertiary/aromatic N) is 4. The van der Waals surface area contributed by atoms with E-state index in [4.69, 9.17) is 0 Å². The van der Waals surface area contributed by atoms with Crippen molar-refractivity contribution in [3.05, 3.63) is 56.6 Å². The van der Waals surface area contributed by atoms with Crippen molar-refractivity contribution in [1.82, 2.24) is 25.0 Å². The van der Waals surface area contributed by atoms with Crippen molar-refractivity contribution in [2.45, 2.75) is 72.0 Å². The van der Waals surface area contributed by atoms with Crippen molar-refractivity contribution in [3.8, 4) is 0 Å². The lowest BCUT2D eigenvalue weighted by Crippen LogP contribution is -2.42. The minimum atomic E-state index is -0.177. The highest BCUT2D eigenvalue weighted by Crippen LogP contribution is 2.36. The van der Waals surface area contributed by atoms with E-state index < -0.39 is 0 Å². The third-order valence-electron chi connectivity index (χ3n) is 7.91. The molecule has 8 heteroatoms. The third-order valence-corrected chi connectivity index (χ3v) is 7.91. The molecule has 8 nitrogen and oxygen atoms in total. The van der Waals surface area contributed by atoms with Gasteiger partial charge in [0.1, 0.15) is 0 Å². The molecule has 1 aromatic carbocycles. The molecule has 2 heterocycles. The molecule has 1 amide bonds. The number of carbonyl (C=O) groups excluding carboxylic acids is 1. The molecular formula is C28H40N6O2. The molecule has 0 aliphatic heterocycles. The third kappa shape index (κ3) is 4.91. The number of amides is 1. The van der Waals surface area contributed by atoms with E-state index in [9.17, 15) is 9.59 Å². The molecule has 0 saturated heterocycles. The highest BCUT2D eigenvalue weighted by atomic mass is 16.1. The molecule has 2 N–H and O–H groups in total. The Morgan fingerprint density at radius 3 is 2.42 bits per heavy atom. The smallest absolute Gasteiger partial charge is 0.253 e. The van der Waals surface area contributed by atoms with Crippen molar-refractivity contribution >= 4 is 22.5 Å². The molecule has 0 atom stereocenters. The summed E-state index contributed by atoms with van der Waals surface area (Å²) in [6, 6.07) is 5.02. The van der Waals surface area contributed by atoms with E-state index in [0.29, 0.717) is 23.2 Å². The minimum absolute atomic E-state index is 0.155. The zero-order valence-corrected chi connectivity index (χ0v) is 22.7. The predicted molar refractivity (Wildman–Crippen MR) is 146 cm³/mol. The summed E-state index contributed by atoms with van der Waals surface area (Å²) in [6.07, 6.45) is 6.53. The number of H-pyrrole nitrogens is 1. The zero-order valence-electron chi connectivity index (χ0n) is 22.7. The van der Waals surface area contributed by atoms with E-state index in [1.165, 1.54) is 12.8 Å². The number of aromatic amines is 1. The summed E-state index contributed by atoms with van der Waals surface area (Å²) in [5.74, 6) is -0.177. The largest absolute Gasteiger partial charge is 0.368 e. The van der Waals surface area contributed by atoms with Gasteiger partial charge in [-0.25, -0.2) is 0 Å². The number of carbonyl (C=O) groups is 1. The Balaban J connectivity index is 1.67. The van der Waals surface area contributed by atoms with Gasteiger partial charge in [0, 0.05) is 60.1 Å². The normalized spacial score (nSPS) is 18.1. The molecule has 0 unspecified atom stereocenters. The van der Waals surface area contributed by atoms with Gasteiger partial charge in [-0.15, -0.1) is 0 Å². The Labute approximate surface area is 213 Å². The molecule has 0 bridgehead atoms. The maximum Gasteiger partial charge on any atom is 0.253 e. The summed E-state index contributed by atoms with van der Waals surface area (Å²) < 4.78 is 1.86. The summed E-state index contributed by atoms with van der Waals surface area (Å²) in [4.78, 5) is 33.6. The van der Waals surface area contributed by atoms with E-state index in [1.807, 2.05) is 50.8 Å². The molecule has 3 aromatic rings. The molecular weight excluding hydrogens is 452 g/mol. The highest BCUT2D eigenvalue weighted by Gasteiger charge is 2.29. The van der Waals surface area contributed by atoms with Crippen LogP contribution in [-0.2, 0) is 13.6 Å². The van der Waals surface area contributed by atoms with Gasteiger partial charge in [-0.05, 0) is 90.7 Å². The van der Waals surface area contributed by atoms with Gasteiger partial charge in [0.2, 0.25) is 0 Å². The standard InChI is InChI=1S/C28H40N6O2/c1-8-34(21-11-9-20(10-12-21)32(5)6)25-14-22(19(4)26-24(25)16-30-33(26)7)27(35)29-15-23-17(2)13-18(3)31-28(23)36/h13-14,16,20-21H,8-12,15H2,1-7H3,(H,29,35)(H,31,36). The Kier molecular flexibility index (Phi) is 7.54. The second-order valence-electron chi connectivity index (χ2n) is 10.4. The van der Waals surface area contributed by atoms with Crippen LogP contribution in [0, 0.1) is 20.8 Å². The number of pyridine rings is 1. The fourth-order valence-corrected chi connectivity index (χ4v) is 5.87. The maximum atomic E-state index is 13.5. The maximum absolute atomic E-state index is 13.5. The number of anilines is 1. The van der Waals surface area contributed by atoms with Crippen LogP contribution in [0.1, 0.15) is 65.3 Å². The van der Waals surface area contributed by atoms with Crippen molar-refractivity contribution in [2.75, 3.05) is 25.5 Å². The van der Waals surface area contributed by atoms with Crippen LogP contribution in [0.15, 0.2) is 23.1 Å². The van der Waals surface area contributed by atoms with Crippen molar-refractivity contribution < 1.29 is 4.79 Å². The molecule has 0 radical (unpaired) electrons. The van der Waals surface area contributed by atoms with Gasteiger partial charge in [0.25, 0.3) is 11.5 Å². The highest BCUT2D eigenvalue weighted by molar-refractivity contribution is 6.05. The van der Waals surface area contributed by atoms with Crippen LogP contribution in [0.3, 0.4) is 0 Å². The average Bonchev–Trinajstić information content (AvgIpc) is 3.22. The summed E-state index contributed by atoms with van der Waals surface area (Å²) in [5.41, 5.74) is 5.68. The lowest BCUT2D eigenvalue weighted by molar-refractivity contribution is 0.0950. The topological polar surface area (TPSA) is 86.3 Å². The molecule has 1 aliphatic rings. The van der Waals surface area contributed by atoms with Crippen LogP contribution in [0.5, 0.6) is 0 Å². The first-order chi connectivity index (χ1) is 17.1. The van der Waals surface area contributed by atoms with Gasteiger partial charge in [-0.3, -0.25) is 14.3 Å². The molecule has 1 fully saturated rings. The minimum Gasteiger partial charge on any atom is -0.368 e. The van der Waals surface area contributed by atoms with Crippen molar-refractivity contribution in [2.24, 2.45) is 7.05 Å². The Hall–Kier alpha value is -3.13. The Morgan fingerprint density at radius 1 is 1.14 bits per heavy atom. The fourth-order valence-electron chi connectivity index (χ4n) is 5.87. The van der Waals surface area contributed by atoms with Crippen LogP contribution in [0.2, 0.25) is 0 Å². The number of aryl methyl sites for hydroxylation is 4. The first-order valence-electron chi connectivity index (χ1n) is 13.0. The quantitative estimate of drug-likeness (QED) is 0.524. The summed E-state index contributed by atoms with van der Waals surface area (Å²) >= 11 is 0.